The molecule has 0 fully saturated rings. The number of hydrogen-bond acceptors (Lipinski definition) is 4. The van der Waals surface area contributed by atoms with E-state index in [0.717, 1.165) is 41.5 Å². The van der Waals surface area contributed by atoms with E-state index >= 15 is 0 Å². The second-order valence-corrected chi connectivity index (χ2v) is 7.15. The molecule has 3 aromatic rings. The molecular weight excluding hydrogens is 362 g/mol. The lowest BCUT2D eigenvalue weighted by Crippen LogP contribution is -2.38. The minimum atomic E-state index is -0.133. The van der Waals surface area contributed by atoms with Gasteiger partial charge in [0.25, 0.3) is 5.91 Å². The number of nitriles is 1. The molecule has 0 aliphatic carbocycles. The van der Waals surface area contributed by atoms with E-state index in [9.17, 15) is 4.79 Å². The van der Waals surface area contributed by atoms with Gasteiger partial charge in [0.05, 0.1) is 25.2 Å². The largest absolute Gasteiger partial charge is 0.362 e. The van der Waals surface area contributed by atoms with E-state index in [-0.39, 0.29) is 12.5 Å². The standard InChI is InChI=1S/C23H23N5O/c24-12-6-14-27-16-19(20-9-2-4-11-22(20)27)15-25-26-23(29)17-28-13-5-8-18-7-1-3-10-21(18)28/h1-4,7,9-11,15-16H,5-6,8,13-14,17H2,(H,26,29)/b25-15-. The highest BCUT2D eigenvalue weighted by Gasteiger charge is 2.18. The Morgan fingerprint density at radius 2 is 2.03 bits per heavy atom. The number of para-hydroxylation sites is 2. The van der Waals surface area contributed by atoms with Crippen LogP contribution in [0.5, 0.6) is 0 Å². The van der Waals surface area contributed by atoms with E-state index in [0.29, 0.717) is 13.0 Å². The number of aromatic nitrogens is 1. The predicted octanol–water partition coefficient (Wildman–Crippen LogP) is 3.46. The highest BCUT2D eigenvalue weighted by Crippen LogP contribution is 2.26. The molecule has 29 heavy (non-hydrogen) atoms. The van der Waals surface area contributed by atoms with Crippen LogP contribution in [-0.4, -0.2) is 29.8 Å². The van der Waals surface area contributed by atoms with Gasteiger partial charge in [0, 0.05) is 41.4 Å². The molecule has 1 aliphatic heterocycles. The normalized spacial score (nSPS) is 13.4. The lowest BCUT2D eigenvalue weighted by atomic mass is 10.0. The summed E-state index contributed by atoms with van der Waals surface area (Å²) in [5.41, 5.74) is 7.06. The first kappa shape index (κ1) is 18.8. The number of carbonyl (C=O) groups is 1. The van der Waals surface area contributed by atoms with Gasteiger partial charge >= 0.3 is 0 Å². The molecule has 1 aromatic heterocycles. The van der Waals surface area contributed by atoms with Gasteiger partial charge in [-0.25, -0.2) is 5.43 Å². The fourth-order valence-electron chi connectivity index (χ4n) is 3.89. The molecule has 1 N–H and O–H groups in total. The van der Waals surface area contributed by atoms with E-state index in [1.54, 1.807) is 6.21 Å². The van der Waals surface area contributed by atoms with E-state index < -0.39 is 0 Å². The number of anilines is 1. The maximum absolute atomic E-state index is 12.4. The van der Waals surface area contributed by atoms with Gasteiger partial charge in [-0.3, -0.25) is 4.79 Å². The first-order valence-electron chi connectivity index (χ1n) is 9.86. The van der Waals surface area contributed by atoms with Gasteiger partial charge < -0.3 is 9.47 Å². The zero-order valence-electron chi connectivity index (χ0n) is 16.2. The van der Waals surface area contributed by atoms with Gasteiger partial charge in [0.1, 0.15) is 0 Å². The fraction of sp³-hybridized carbons (Fsp3) is 0.261. The third-order valence-corrected chi connectivity index (χ3v) is 5.22. The number of carbonyl (C=O) groups excluding carboxylic acids is 1. The molecule has 146 valence electrons. The van der Waals surface area contributed by atoms with Crippen LogP contribution < -0.4 is 10.3 Å². The number of benzene rings is 2. The molecule has 0 unspecified atom stereocenters. The van der Waals surface area contributed by atoms with Crippen LogP contribution in [0.4, 0.5) is 5.69 Å². The SMILES string of the molecule is N#CCCn1cc(/C=N\NC(=O)CN2CCCc3ccccc32)c2ccccc21. The van der Waals surface area contributed by atoms with Crippen LogP contribution in [0.3, 0.4) is 0 Å². The number of rotatable bonds is 6. The van der Waals surface area contributed by atoms with Crippen molar-refractivity contribution in [3.8, 4) is 6.07 Å². The average Bonchev–Trinajstić information content (AvgIpc) is 3.10. The van der Waals surface area contributed by atoms with Crippen molar-refractivity contribution in [2.24, 2.45) is 5.10 Å². The number of nitrogens with one attached hydrogen (secondary N) is 1. The molecule has 0 radical (unpaired) electrons. The van der Waals surface area contributed by atoms with Crippen molar-refractivity contribution in [3.63, 3.8) is 0 Å². The summed E-state index contributed by atoms with van der Waals surface area (Å²) in [6.07, 6.45) is 6.20. The van der Waals surface area contributed by atoms with Crippen molar-refractivity contribution < 1.29 is 4.79 Å². The van der Waals surface area contributed by atoms with Crippen LogP contribution in [0.25, 0.3) is 10.9 Å². The molecule has 1 amide bonds. The van der Waals surface area contributed by atoms with E-state index in [4.69, 9.17) is 5.26 Å². The topological polar surface area (TPSA) is 73.4 Å². The molecule has 0 saturated carbocycles. The lowest BCUT2D eigenvalue weighted by molar-refractivity contribution is -0.119. The van der Waals surface area contributed by atoms with E-state index in [2.05, 4.69) is 33.6 Å². The third kappa shape index (κ3) is 4.14. The molecule has 0 spiro atoms. The molecule has 0 atom stereocenters. The van der Waals surface area contributed by atoms with Gasteiger partial charge in [-0.15, -0.1) is 0 Å². The van der Waals surface area contributed by atoms with Crippen molar-refractivity contribution in [1.82, 2.24) is 9.99 Å². The lowest BCUT2D eigenvalue weighted by Gasteiger charge is -2.30. The summed E-state index contributed by atoms with van der Waals surface area (Å²) in [6.45, 7) is 1.80. The van der Waals surface area contributed by atoms with Crippen molar-refractivity contribution in [2.45, 2.75) is 25.8 Å². The Bertz CT molecular complexity index is 1090. The Hall–Kier alpha value is -3.59. The van der Waals surface area contributed by atoms with Gasteiger partial charge in [0.15, 0.2) is 0 Å². The first-order chi connectivity index (χ1) is 14.3. The van der Waals surface area contributed by atoms with Crippen LogP contribution in [0, 0.1) is 11.3 Å². The smallest absolute Gasteiger partial charge is 0.259 e. The number of aryl methyl sites for hydroxylation is 2. The number of fused-ring (bicyclic) bond motifs is 2. The Morgan fingerprint density at radius 3 is 2.93 bits per heavy atom. The summed E-state index contributed by atoms with van der Waals surface area (Å²) in [5, 5.41) is 14.1. The quantitative estimate of drug-likeness (QED) is 0.522. The first-order valence-corrected chi connectivity index (χ1v) is 9.86. The summed E-state index contributed by atoms with van der Waals surface area (Å²) in [6, 6.07) is 18.4. The van der Waals surface area contributed by atoms with Crippen LogP contribution in [0.15, 0.2) is 59.8 Å². The second-order valence-electron chi connectivity index (χ2n) is 7.15. The zero-order valence-corrected chi connectivity index (χ0v) is 16.2. The fourth-order valence-corrected chi connectivity index (χ4v) is 3.89. The van der Waals surface area contributed by atoms with E-state index in [1.807, 2.05) is 47.2 Å². The van der Waals surface area contributed by atoms with Gasteiger partial charge in [-0.05, 0) is 30.5 Å². The molecular formula is C23H23N5O. The molecule has 2 aromatic carbocycles. The van der Waals surface area contributed by atoms with Crippen LogP contribution in [0.2, 0.25) is 0 Å². The number of hydrogen-bond donors (Lipinski definition) is 1. The summed E-state index contributed by atoms with van der Waals surface area (Å²) >= 11 is 0. The molecule has 1 aliphatic rings. The van der Waals surface area contributed by atoms with Crippen molar-refractivity contribution in [3.05, 3.63) is 65.9 Å². The highest BCUT2D eigenvalue weighted by molar-refractivity contribution is 5.99. The van der Waals surface area contributed by atoms with Crippen LogP contribution in [-0.2, 0) is 17.8 Å². The predicted molar refractivity (Wildman–Crippen MR) is 115 cm³/mol. The zero-order chi connectivity index (χ0) is 20.1. The van der Waals surface area contributed by atoms with Crippen LogP contribution >= 0.6 is 0 Å². The highest BCUT2D eigenvalue weighted by atomic mass is 16.2. The maximum atomic E-state index is 12.4. The molecule has 4 rings (SSSR count). The number of nitrogens with zero attached hydrogens (tertiary/aromatic N) is 4. The van der Waals surface area contributed by atoms with Gasteiger partial charge in [0.2, 0.25) is 0 Å². The van der Waals surface area contributed by atoms with Crippen LogP contribution in [0.1, 0.15) is 24.0 Å². The minimum Gasteiger partial charge on any atom is -0.362 e. The van der Waals surface area contributed by atoms with Crippen molar-refractivity contribution in [2.75, 3.05) is 18.0 Å². The Balaban J connectivity index is 1.43. The Morgan fingerprint density at radius 1 is 1.21 bits per heavy atom. The van der Waals surface area contributed by atoms with Gasteiger partial charge in [-0.2, -0.15) is 10.4 Å². The van der Waals surface area contributed by atoms with Gasteiger partial charge in [-0.1, -0.05) is 36.4 Å². The Kier molecular flexibility index (Phi) is 5.57. The molecule has 2 heterocycles. The molecule has 6 heteroatoms. The Labute approximate surface area is 170 Å². The van der Waals surface area contributed by atoms with Crippen molar-refractivity contribution >= 4 is 28.7 Å². The maximum Gasteiger partial charge on any atom is 0.259 e. The summed E-state index contributed by atoms with van der Waals surface area (Å²) < 4.78 is 2.05. The summed E-state index contributed by atoms with van der Waals surface area (Å²) in [7, 11) is 0. The third-order valence-electron chi connectivity index (χ3n) is 5.22. The summed E-state index contributed by atoms with van der Waals surface area (Å²) in [5.74, 6) is -0.133. The van der Waals surface area contributed by atoms with Crippen molar-refractivity contribution in [1.29, 1.82) is 5.26 Å². The number of hydrazone groups is 1. The van der Waals surface area contributed by atoms with E-state index in [1.165, 1.54) is 5.56 Å². The minimum absolute atomic E-state index is 0.133. The summed E-state index contributed by atoms with van der Waals surface area (Å²) in [4.78, 5) is 14.5. The second kappa shape index (κ2) is 8.61. The molecule has 0 saturated heterocycles. The molecule has 0 bridgehead atoms. The average molecular weight is 385 g/mol. The monoisotopic (exact) mass is 385 g/mol. The molecule has 6 nitrogen and oxygen atoms in total. The number of amides is 1.